The summed E-state index contributed by atoms with van der Waals surface area (Å²) in [6.07, 6.45) is -3.63. The molecule has 8 nitrogen and oxygen atoms in total. The van der Waals surface area contributed by atoms with E-state index < -0.39 is 27.5 Å². The monoisotopic (exact) mass is 570 g/mol. The third kappa shape index (κ3) is 4.64. The van der Waals surface area contributed by atoms with Crippen molar-refractivity contribution >= 4 is 27.3 Å². The highest BCUT2D eigenvalue weighted by Gasteiger charge is 2.40. The number of halogens is 5. The van der Waals surface area contributed by atoms with Gasteiger partial charge in [-0.05, 0) is 48.7 Å². The predicted molar refractivity (Wildman–Crippen MR) is 131 cm³/mol. The van der Waals surface area contributed by atoms with Crippen molar-refractivity contribution in [3.8, 4) is 5.69 Å². The van der Waals surface area contributed by atoms with E-state index in [2.05, 4.69) is 20.1 Å². The Morgan fingerprint density at radius 1 is 1.00 bits per heavy atom. The molecule has 0 saturated carbocycles. The summed E-state index contributed by atoms with van der Waals surface area (Å²) in [5, 5.41) is 9.50. The molecular formula is C24H23ClF4N6O2S. The molecule has 0 amide bonds. The van der Waals surface area contributed by atoms with Gasteiger partial charge in [0.1, 0.15) is 11.5 Å². The van der Waals surface area contributed by atoms with Crippen molar-refractivity contribution < 1.29 is 26.0 Å². The zero-order valence-electron chi connectivity index (χ0n) is 20.0. The minimum Gasteiger partial charge on any atom is -0.354 e. The van der Waals surface area contributed by atoms with Crippen molar-refractivity contribution in [2.45, 2.75) is 44.1 Å². The maximum absolute atomic E-state index is 14.4. The van der Waals surface area contributed by atoms with Crippen molar-refractivity contribution in [3.05, 3.63) is 64.1 Å². The molecule has 0 unspecified atom stereocenters. The largest absolute Gasteiger partial charge is 0.433 e. The van der Waals surface area contributed by atoms with Gasteiger partial charge in [-0.2, -0.15) is 13.2 Å². The molecule has 0 radical (unpaired) electrons. The quantitative estimate of drug-likeness (QED) is 0.441. The van der Waals surface area contributed by atoms with Crippen LogP contribution in [-0.2, 0) is 29.1 Å². The maximum atomic E-state index is 14.4. The average molecular weight is 571 g/mol. The number of piperidine rings is 1. The number of hydrogen-bond donors (Lipinski definition) is 0. The van der Waals surface area contributed by atoms with Crippen LogP contribution >= 0.6 is 11.6 Å². The summed E-state index contributed by atoms with van der Waals surface area (Å²) in [6, 6.07) is 6.87. The molecule has 14 heteroatoms. The fraction of sp³-hybridized carbons (Fsp3) is 0.458. The van der Waals surface area contributed by atoms with Gasteiger partial charge in [0.15, 0.2) is 27.3 Å². The number of sulfone groups is 1. The second-order valence-electron chi connectivity index (χ2n) is 9.98. The fourth-order valence-electron chi connectivity index (χ4n) is 5.48. The first kappa shape index (κ1) is 25.5. The van der Waals surface area contributed by atoms with Crippen molar-refractivity contribution in [2.24, 2.45) is 0 Å². The maximum Gasteiger partial charge on any atom is 0.433 e. The molecule has 6 rings (SSSR count). The topological polar surface area (TPSA) is 84.2 Å². The lowest BCUT2D eigenvalue weighted by molar-refractivity contribution is -0.141. The van der Waals surface area contributed by atoms with E-state index >= 15 is 0 Å². The number of hydrogen-bond acceptors (Lipinski definition) is 7. The van der Waals surface area contributed by atoms with Gasteiger partial charge in [0.2, 0.25) is 0 Å². The van der Waals surface area contributed by atoms with E-state index in [9.17, 15) is 26.0 Å². The lowest BCUT2D eigenvalue weighted by Gasteiger charge is -2.35. The third-order valence-electron chi connectivity index (χ3n) is 7.44. The van der Waals surface area contributed by atoms with E-state index in [4.69, 9.17) is 11.6 Å². The van der Waals surface area contributed by atoms with Crippen LogP contribution in [0.3, 0.4) is 0 Å². The van der Waals surface area contributed by atoms with E-state index in [1.807, 2.05) is 16.7 Å². The van der Waals surface area contributed by atoms with Crippen LogP contribution in [0.2, 0.25) is 5.02 Å². The van der Waals surface area contributed by atoms with Crippen LogP contribution in [0.25, 0.3) is 5.69 Å². The number of pyridine rings is 1. The molecule has 38 heavy (non-hydrogen) atoms. The first-order chi connectivity index (χ1) is 18.0. The summed E-state index contributed by atoms with van der Waals surface area (Å²) in [7, 11) is -3.02. The zero-order chi connectivity index (χ0) is 26.8. The molecule has 0 atom stereocenters. The van der Waals surface area contributed by atoms with E-state index in [0.717, 1.165) is 17.3 Å². The van der Waals surface area contributed by atoms with Crippen molar-refractivity contribution in [1.82, 2.24) is 24.6 Å². The highest BCUT2D eigenvalue weighted by molar-refractivity contribution is 7.92. The molecule has 3 aliphatic rings. The van der Waals surface area contributed by atoms with Crippen molar-refractivity contribution in [3.63, 3.8) is 0 Å². The molecule has 0 aliphatic carbocycles. The van der Waals surface area contributed by atoms with Gasteiger partial charge in [-0.1, -0.05) is 11.6 Å². The molecule has 2 saturated heterocycles. The van der Waals surface area contributed by atoms with Gasteiger partial charge < -0.3 is 4.90 Å². The van der Waals surface area contributed by atoms with Gasteiger partial charge in [-0.3, -0.25) is 9.47 Å². The van der Waals surface area contributed by atoms with E-state index in [0.29, 0.717) is 61.8 Å². The van der Waals surface area contributed by atoms with Gasteiger partial charge in [-0.25, -0.2) is 17.8 Å². The lowest BCUT2D eigenvalue weighted by Crippen LogP contribution is -2.52. The summed E-state index contributed by atoms with van der Waals surface area (Å²) in [5.41, 5.74) is 0.661. The molecule has 0 bridgehead atoms. The Labute approximate surface area is 221 Å². The molecule has 1 aromatic carbocycles. The molecule has 2 fully saturated rings. The average Bonchev–Trinajstić information content (AvgIpc) is 3.18. The number of anilines is 1. The Kier molecular flexibility index (Phi) is 6.15. The predicted octanol–water partition coefficient (Wildman–Crippen LogP) is 3.97. The first-order valence-electron chi connectivity index (χ1n) is 12.1. The van der Waals surface area contributed by atoms with Crippen LogP contribution in [0.4, 0.5) is 23.4 Å². The SMILES string of the molecule is O=S1(=O)CC(N2Cc3cc(Cl)ccc3-n3c(nnc3C3CCN(c4nc(C(F)(F)F)ccc4F)CC3)C2)C1. The smallest absolute Gasteiger partial charge is 0.354 e. The molecule has 2 aromatic heterocycles. The second-order valence-corrected chi connectivity index (χ2v) is 12.6. The van der Waals surface area contributed by atoms with Crippen LogP contribution < -0.4 is 4.90 Å². The second kappa shape index (κ2) is 9.16. The van der Waals surface area contributed by atoms with Crippen LogP contribution in [0.1, 0.15) is 41.7 Å². The van der Waals surface area contributed by atoms with Crippen LogP contribution in [0, 0.1) is 5.82 Å². The Hall–Kier alpha value is -2.77. The highest BCUT2D eigenvalue weighted by Crippen LogP contribution is 2.37. The Balaban J connectivity index is 1.27. The van der Waals surface area contributed by atoms with Gasteiger partial charge in [-0.15, -0.1) is 10.2 Å². The highest BCUT2D eigenvalue weighted by atomic mass is 35.5. The first-order valence-corrected chi connectivity index (χ1v) is 14.3. The zero-order valence-corrected chi connectivity index (χ0v) is 21.6. The number of rotatable bonds is 3. The minimum atomic E-state index is -4.66. The molecular weight excluding hydrogens is 548 g/mol. The van der Waals surface area contributed by atoms with Crippen LogP contribution in [0.5, 0.6) is 0 Å². The summed E-state index contributed by atoms with van der Waals surface area (Å²) < 4.78 is 79.5. The number of nitrogens with zero attached hydrogens (tertiary/aromatic N) is 6. The van der Waals surface area contributed by atoms with Gasteiger partial charge in [0.25, 0.3) is 0 Å². The van der Waals surface area contributed by atoms with Gasteiger partial charge in [0.05, 0.1) is 23.7 Å². The minimum absolute atomic E-state index is 0.0690. The van der Waals surface area contributed by atoms with Crippen molar-refractivity contribution in [1.29, 1.82) is 0 Å². The number of benzene rings is 1. The molecule has 3 aliphatic heterocycles. The van der Waals surface area contributed by atoms with E-state index in [1.54, 1.807) is 6.07 Å². The summed E-state index contributed by atoms with van der Waals surface area (Å²) >= 11 is 6.30. The number of fused-ring (bicyclic) bond motifs is 3. The summed E-state index contributed by atoms with van der Waals surface area (Å²) in [4.78, 5) is 7.17. The summed E-state index contributed by atoms with van der Waals surface area (Å²) in [5.74, 6) is 0.425. The van der Waals surface area contributed by atoms with Gasteiger partial charge >= 0.3 is 6.18 Å². The number of alkyl halides is 3. The Morgan fingerprint density at radius 2 is 1.74 bits per heavy atom. The van der Waals surface area contributed by atoms with E-state index in [1.165, 1.54) is 4.90 Å². The van der Waals surface area contributed by atoms with Crippen LogP contribution in [-0.4, -0.2) is 63.7 Å². The molecule has 202 valence electrons. The third-order valence-corrected chi connectivity index (χ3v) is 9.46. The van der Waals surface area contributed by atoms with Crippen molar-refractivity contribution in [2.75, 3.05) is 29.5 Å². The normalized spacial score (nSPS) is 20.5. The molecule has 0 spiro atoms. The fourth-order valence-corrected chi connectivity index (χ4v) is 7.17. The molecule has 0 N–H and O–H groups in total. The van der Waals surface area contributed by atoms with E-state index in [-0.39, 0.29) is 29.3 Å². The number of aromatic nitrogens is 4. The Bertz CT molecular complexity index is 1490. The van der Waals surface area contributed by atoms with Gasteiger partial charge in [0, 0.05) is 36.6 Å². The summed E-state index contributed by atoms with van der Waals surface area (Å²) in [6.45, 7) is 1.53. The molecule has 5 heterocycles. The Morgan fingerprint density at radius 3 is 2.42 bits per heavy atom. The lowest BCUT2D eigenvalue weighted by atomic mass is 9.95. The van der Waals surface area contributed by atoms with Crippen LogP contribution in [0.15, 0.2) is 30.3 Å². The standard InChI is InChI=1S/C24H23ClF4N6O2S/c25-16-1-3-19-15(9-16)10-34(17-12-38(36,37)13-17)11-21-31-32-22(35(19)21)14-5-7-33(8-6-14)23-18(26)2-4-20(30-23)24(27,28)29/h1-4,9,14,17H,5-8,10-13H2. The molecule has 3 aromatic rings.